The molecule has 3 aromatic rings. The van der Waals surface area contributed by atoms with Gasteiger partial charge in [0.25, 0.3) is 5.91 Å². The quantitative estimate of drug-likeness (QED) is 0.639. The SMILES string of the molecule is O=C(Nc1ccc(OCC(O)COc2ccccc2)cc1)c1ccccc1. The van der Waals surface area contributed by atoms with Gasteiger partial charge < -0.3 is 19.9 Å². The van der Waals surface area contributed by atoms with Crippen molar-refractivity contribution >= 4 is 11.6 Å². The number of ether oxygens (including phenoxy) is 2. The predicted octanol–water partition coefficient (Wildman–Crippen LogP) is 3.76. The molecule has 0 aliphatic rings. The number of nitrogens with one attached hydrogen (secondary N) is 1. The van der Waals surface area contributed by atoms with Gasteiger partial charge in [0.1, 0.15) is 30.8 Å². The van der Waals surface area contributed by atoms with Crippen molar-refractivity contribution in [3.63, 3.8) is 0 Å². The summed E-state index contributed by atoms with van der Waals surface area (Å²) in [6.45, 7) is 0.262. The molecule has 0 saturated carbocycles. The maximum Gasteiger partial charge on any atom is 0.255 e. The minimum absolute atomic E-state index is 0.114. The molecule has 0 aliphatic heterocycles. The first-order valence-electron chi connectivity index (χ1n) is 8.66. The summed E-state index contributed by atoms with van der Waals surface area (Å²) in [5, 5.41) is 12.8. The Morgan fingerprint density at radius 2 is 1.30 bits per heavy atom. The molecule has 3 aromatic carbocycles. The van der Waals surface area contributed by atoms with Crippen LogP contribution in [0.3, 0.4) is 0 Å². The number of anilines is 1. The van der Waals surface area contributed by atoms with Gasteiger partial charge in [-0.3, -0.25) is 4.79 Å². The fraction of sp³-hybridized carbons (Fsp3) is 0.136. The average Bonchev–Trinajstić information content (AvgIpc) is 2.73. The lowest BCUT2D eigenvalue weighted by Crippen LogP contribution is -2.25. The van der Waals surface area contributed by atoms with Crippen molar-refractivity contribution < 1.29 is 19.4 Å². The molecule has 3 rings (SSSR count). The Balaban J connectivity index is 1.44. The topological polar surface area (TPSA) is 67.8 Å². The molecular formula is C22H21NO4. The third kappa shape index (κ3) is 5.87. The summed E-state index contributed by atoms with van der Waals surface area (Å²) in [5.41, 5.74) is 1.27. The highest BCUT2D eigenvalue weighted by Crippen LogP contribution is 2.17. The molecule has 0 bridgehead atoms. The van der Waals surface area contributed by atoms with Gasteiger partial charge in [-0.15, -0.1) is 0 Å². The highest BCUT2D eigenvalue weighted by atomic mass is 16.5. The molecular weight excluding hydrogens is 342 g/mol. The second kappa shape index (κ2) is 9.40. The first kappa shape index (κ1) is 18.5. The number of carbonyl (C=O) groups excluding carboxylic acids is 1. The Bertz CT molecular complexity index is 835. The second-order valence-corrected chi connectivity index (χ2v) is 5.93. The Labute approximate surface area is 158 Å². The van der Waals surface area contributed by atoms with Crippen LogP contribution >= 0.6 is 0 Å². The van der Waals surface area contributed by atoms with Gasteiger partial charge in [0, 0.05) is 11.3 Å². The van der Waals surface area contributed by atoms with Gasteiger partial charge in [0.15, 0.2) is 0 Å². The van der Waals surface area contributed by atoms with Gasteiger partial charge in [0.2, 0.25) is 0 Å². The molecule has 0 heterocycles. The lowest BCUT2D eigenvalue weighted by molar-refractivity contribution is 0.0626. The van der Waals surface area contributed by atoms with E-state index in [1.165, 1.54) is 0 Å². The molecule has 5 heteroatoms. The van der Waals surface area contributed by atoms with Crippen LogP contribution in [-0.4, -0.2) is 30.3 Å². The number of rotatable bonds is 8. The zero-order chi connectivity index (χ0) is 18.9. The van der Waals surface area contributed by atoms with E-state index in [0.29, 0.717) is 22.7 Å². The van der Waals surface area contributed by atoms with Gasteiger partial charge in [-0.2, -0.15) is 0 Å². The van der Waals surface area contributed by atoms with Crippen LogP contribution in [-0.2, 0) is 0 Å². The summed E-state index contributed by atoms with van der Waals surface area (Å²) in [7, 11) is 0. The molecule has 0 radical (unpaired) electrons. The third-order valence-electron chi connectivity index (χ3n) is 3.78. The van der Waals surface area contributed by atoms with Crippen LogP contribution in [0.1, 0.15) is 10.4 Å². The van der Waals surface area contributed by atoms with E-state index in [9.17, 15) is 9.90 Å². The molecule has 0 aromatic heterocycles. The fourth-order valence-electron chi connectivity index (χ4n) is 2.38. The number of carbonyl (C=O) groups is 1. The minimum Gasteiger partial charge on any atom is -0.491 e. The van der Waals surface area contributed by atoms with E-state index in [4.69, 9.17) is 9.47 Å². The van der Waals surface area contributed by atoms with E-state index in [1.807, 2.05) is 48.5 Å². The van der Waals surface area contributed by atoms with Crippen LogP contribution in [0.15, 0.2) is 84.9 Å². The van der Waals surface area contributed by atoms with Crippen LogP contribution < -0.4 is 14.8 Å². The van der Waals surface area contributed by atoms with Crippen LogP contribution in [0.5, 0.6) is 11.5 Å². The van der Waals surface area contributed by atoms with Crippen LogP contribution in [0, 0.1) is 0 Å². The number of para-hydroxylation sites is 1. The molecule has 0 fully saturated rings. The van der Waals surface area contributed by atoms with Gasteiger partial charge in [-0.1, -0.05) is 36.4 Å². The molecule has 0 aliphatic carbocycles. The molecule has 0 saturated heterocycles. The number of hydrogen-bond donors (Lipinski definition) is 2. The van der Waals surface area contributed by atoms with Crippen LogP contribution in [0.4, 0.5) is 5.69 Å². The lowest BCUT2D eigenvalue weighted by atomic mass is 10.2. The normalized spacial score (nSPS) is 11.4. The summed E-state index contributed by atoms with van der Waals surface area (Å²) >= 11 is 0. The number of benzene rings is 3. The molecule has 138 valence electrons. The van der Waals surface area contributed by atoms with Crippen molar-refractivity contribution in [2.24, 2.45) is 0 Å². The summed E-state index contributed by atoms with van der Waals surface area (Å²) in [4.78, 5) is 12.1. The van der Waals surface area contributed by atoms with Gasteiger partial charge >= 0.3 is 0 Å². The van der Waals surface area contributed by atoms with Crippen molar-refractivity contribution in [2.75, 3.05) is 18.5 Å². The van der Waals surface area contributed by atoms with E-state index in [-0.39, 0.29) is 19.1 Å². The number of amides is 1. The van der Waals surface area contributed by atoms with E-state index in [0.717, 1.165) is 0 Å². The van der Waals surface area contributed by atoms with Crippen molar-refractivity contribution in [2.45, 2.75) is 6.10 Å². The average molecular weight is 363 g/mol. The van der Waals surface area contributed by atoms with Crippen molar-refractivity contribution in [3.05, 3.63) is 90.5 Å². The first-order valence-corrected chi connectivity index (χ1v) is 8.66. The summed E-state index contributed by atoms with van der Waals surface area (Å²) < 4.78 is 11.0. The lowest BCUT2D eigenvalue weighted by Gasteiger charge is -2.14. The number of aliphatic hydroxyl groups excluding tert-OH is 1. The van der Waals surface area contributed by atoms with Crippen LogP contribution in [0.2, 0.25) is 0 Å². The minimum atomic E-state index is -0.748. The van der Waals surface area contributed by atoms with Crippen LogP contribution in [0.25, 0.3) is 0 Å². The Morgan fingerprint density at radius 3 is 1.89 bits per heavy atom. The Kier molecular flexibility index (Phi) is 6.44. The van der Waals surface area contributed by atoms with E-state index >= 15 is 0 Å². The van der Waals surface area contributed by atoms with Gasteiger partial charge in [-0.25, -0.2) is 0 Å². The summed E-state index contributed by atoms with van der Waals surface area (Å²) in [6, 6.07) is 25.3. The van der Waals surface area contributed by atoms with Crippen molar-refractivity contribution in [1.29, 1.82) is 0 Å². The number of aliphatic hydroxyl groups is 1. The van der Waals surface area contributed by atoms with E-state index in [1.54, 1.807) is 36.4 Å². The molecule has 2 N–H and O–H groups in total. The highest BCUT2D eigenvalue weighted by molar-refractivity contribution is 6.04. The summed E-state index contributed by atoms with van der Waals surface area (Å²) in [5.74, 6) is 1.14. The fourth-order valence-corrected chi connectivity index (χ4v) is 2.38. The predicted molar refractivity (Wildman–Crippen MR) is 104 cm³/mol. The maximum atomic E-state index is 12.1. The van der Waals surface area contributed by atoms with Crippen molar-refractivity contribution in [1.82, 2.24) is 0 Å². The monoisotopic (exact) mass is 363 g/mol. The van der Waals surface area contributed by atoms with Gasteiger partial charge in [0.05, 0.1) is 0 Å². The molecule has 1 unspecified atom stereocenters. The zero-order valence-corrected chi connectivity index (χ0v) is 14.7. The van der Waals surface area contributed by atoms with E-state index in [2.05, 4.69) is 5.32 Å². The standard InChI is InChI=1S/C22H21NO4/c24-19(15-26-20-9-5-2-6-10-20)16-27-21-13-11-18(12-14-21)23-22(25)17-7-3-1-4-8-17/h1-14,19,24H,15-16H2,(H,23,25). The molecule has 1 amide bonds. The molecule has 27 heavy (non-hydrogen) atoms. The Morgan fingerprint density at radius 1 is 0.778 bits per heavy atom. The summed E-state index contributed by atoms with van der Waals surface area (Å²) in [6.07, 6.45) is -0.748. The van der Waals surface area contributed by atoms with Crippen molar-refractivity contribution in [3.8, 4) is 11.5 Å². The first-order chi connectivity index (χ1) is 13.2. The second-order valence-electron chi connectivity index (χ2n) is 5.93. The Hall–Kier alpha value is -3.31. The van der Waals surface area contributed by atoms with E-state index < -0.39 is 6.10 Å². The molecule has 1 atom stereocenters. The molecule has 5 nitrogen and oxygen atoms in total. The smallest absolute Gasteiger partial charge is 0.255 e. The largest absolute Gasteiger partial charge is 0.491 e. The third-order valence-corrected chi connectivity index (χ3v) is 3.78. The zero-order valence-electron chi connectivity index (χ0n) is 14.7. The highest BCUT2D eigenvalue weighted by Gasteiger charge is 2.08. The maximum absolute atomic E-state index is 12.1. The van der Waals surface area contributed by atoms with Gasteiger partial charge in [-0.05, 0) is 48.5 Å². The number of hydrogen-bond acceptors (Lipinski definition) is 4. The molecule has 0 spiro atoms.